The molecule has 0 amide bonds. The van der Waals surface area contributed by atoms with Gasteiger partial charge >= 0.3 is 0 Å². The number of hydrogen-bond donors (Lipinski definition) is 1. The van der Waals surface area contributed by atoms with Crippen LogP contribution < -0.4 is 19.8 Å². The molecule has 116 valence electrons. The van der Waals surface area contributed by atoms with Crippen molar-refractivity contribution >= 4 is 22.4 Å². The number of rotatable bonds is 2. The van der Waals surface area contributed by atoms with Gasteiger partial charge in [-0.3, -0.25) is 0 Å². The molecule has 4 rings (SSSR count). The molecule has 4 heteroatoms. The number of pyridine rings is 1. The van der Waals surface area contributed by atoms with Crippen molar-refractivity contribution in [3.8, 4) is 11.5 Å². The molecule has 1 aliphatic heterocycles. The highest BCUT2D eigenvalue weighted by molar-refractivity contribution is 5.81. The van der Waals surface area contributed by atoms with E-state index in [1.807, 2.05) is 18.2 Å². The Morgan fingerprint density at radius 2 is 1.74 bits per heavy atom. The van der Waals surface area contributed by atoms with Crippen LogP contribution in [0, 0.1) is 13.8 Å². The van der Waals surface area contributed by atoms with Crippen LogP contribution in [-0.4, -0.2) is 13.2 Å². The third-order valence-electron chi connectivity index (χ3n) is 4.05. The van der Waals surface area contributed by atoms with Crippen molar-refractivity contribution in [1.82, 2.24) is 0 Å². The van der Waals surface area contributed by atoms with Crippen molar-refractivity contribution in [3.63, 3.8) is 0 Å². The largest absolute Gasteiger partial charge is 0.486 e. The molecule has 1 aromatic heterocycles. The summed E-state index contributed by atoms with van der Waals surface area (Å²) in [7, 11) is 0. The van der Waals surface area contributed by atoms with Crippen LogP contribution in [0.15, 0.2) is 42.5 Å². The Morgan fingerprint density at radius 3 is 2.61 bits per heavy atom. The highest BCUT2D eigenvalue weighted by atomic mass is 16.6. The quantitative estimate of drug-likeness (QED) is 0.783. The minimum atomic E-state index is 0.594. The highest BCUT2D eigenvalue weighted by Crippen LogP contribution is 2.33. The van der Waals surface area contributed by atoms with Crippen LogP contribution in [0.3, 0.4) is 0 Å². The van der Waals surface area contributed by atoms with Crippen LogP contribution >= 0.6 is 0 Å². The van der Waals surface area contributed by atoms with Gasteiger partial charge in [-0.2, -0.15) is 0 Å². The van der Waals surface area contributed by atoms with E-state index in [0.717, 1.165) is 28.5 Å². The Labute approximate surface area is 135 Å². The molecule has 0 fully saturated rings. The predicted molar refractivity (Wildman–Crippen MR) is 90.7 cm³/mol. The van der Waals surface area contributed by atoms with Crippen molar-refractivity contribution < 1.29 is 14.5 Å². The van der Waals surface area contributed by atoms with Crippen LogP contribution in [0.2, 0.25) is 0 Å². The maximum Gasteiger partial charge on any atom is 0.278 e. The van der Waals surface area contributed by atoms with Crippen molar-refractivity contribution in [3.05, 3.63) is 53.6 Å². The van der Waals surface area contributed by atoms with Gasteiger partial charge in [0.1, 0.15) is 24.4 Å². The second kappa shape index (κ2) is 5.47. The molecule has 0 bridgehead atoms. The lowest BCUT2D eigenvalue weighted by atomic mass is 10.1. The molecule has 2 aromatic carbocycles. The smallest absolute Gasteiger partial charge is 0.278 e. The maximum absolute atomic E-state index is 5.63. The molecule has 2 N–H and O–H groups in total. The zero-order valence-corrected chi connectivity index (χ0v) is 13.3. The molecule has 2 heterocycles. The Morgan fingerprint density at radius 1 is 0.913 bits per heavy atom. The second-order valence-corrected chi connectivity index (χ2v) is 5.90. The number of hydrogen-bond acceptors (Lipinski definition) is 3. The summed E-state index contributed by atoms with van der Waals surface area (Å²) in [6, 6.07) is 14.5. The molecule has 1 aliphatic rings. The number of fused-ring (bicyclic) bond motifs is 2. The van der Waals surface area contributed by atoms with Gasteiger partial charge in [0, 0.05) is 17.5 Å². The summed E-state index contributed by atoms with van der Waals surface area (Å²) in [5.74, 6) is 2.54. The van der Waals surface area contributed by atoms with E-state index >= 15 is 0 Å². The molecule has 3 aromatic rings. The Balaban J connectivity index is 1.68. The minimum Gasteiger partial charge on any atom is -0.486 e. The van der Waals surface area contributed by atoms with Gasteiger partial charge < -0.3 is 9.47 Å². The fourth-order valence-electron chi connectivity index (χ4n) is 2.91. The van der Waals surface area contributed by atoms with E-state index < -0.39 is 0 Å². The first kappa shape index (κ1) is 13.9. The van der Waals surface area contributed by atoms with E-state index in [1.165, 1.54) is 16.5 Å². The molecule has 0 saturated heterocycles. The van der Waals surface area contributed by atoms with Crippen LogP contribution in [-0.2, 0) is 0 Å². The van der Waals surface area contributed by atoms with Crippen LogP contribution in [0.4, 0.5) is 11.5 Å². The van der Waals surface area contributed by atoms with Gasteiger partial charge in [-0.15, -0.1) is 0 Å². The topological polar surface area (TPSA) is 44.6 Å². The van der Waals surface area contributed by atoms with Crippen LogP contribution in [0.5, 0.6) is 11.5 Å². The van der Waals surface area contributed by atoms with Gasteiger partial charge in [-0.05, 0) is 43.7 Å². The third kappa shape index (κ3) is 2.68. The Kier molecular flexibility index (Phi) is 3.30. The van der Waals surface area contributed by atoms with Gasteiger partial charge in [0.25, 0.3) is 5.82 Å². The summed E-state index contributed by atoms with van der Waals surface area (Å²) in [4.78, 5) is 3.44. The lowest BCUT2D eigenvalue weighted by molar-refractivity contribution is -0.326. The number of H-pyrrole nitrogens is 1. The van der Waals surface area contributed by atoms with E-state index in [-0.39, 0.29) is 0 Å². The normalized spacial score (nSPS) is 13.1. The zero-order valence-electron chi connectivity index (χ0n) is 13.3. The van der Waals surface area contributed by atoms with Crippen LogP contribution in [0.1, 0.15) is 11.1 Å². The first-order valence-electron chi connectivity index (χ1n) is 7.79. The molecule has 0 unspecified atom stereocenters. The third-order valence-corrected chi connectivity index (χ3v) is 4.05. The van der Waals surface area contributed by atoms with Crippen molar-refractivity contribution in [2.75, 3.05) is 18.5 Å². The van der Waals surface area contributed by atoms with Crippen LogP contribution in [0.25, 0.3) is 10.9 Å². The summed E-state index contributed by atoms with van der Waals surface area (Å²) in [5.41, 5.74) is 4.59. The number of nitrogens with one attached hydrogen (secondary N) is 2. The summed E-state index contributed by atoms with van der Waals surface area (Å²) >= 11 is 0. The fraction of sp³-hybridized carbons (Fsp3) is 0.211. The van der Waals surface area contributed by atoms with Gasteiger partial charge in [-0.1, -0.05) is 11.6 Å². The molecule has 0 atom stereocenters. The van der Waals surface area contributed by atoms with Crippen molar-refractivity contribution in [2.45, 2.75) is 13.8 Å². The number of aromatic amines is 1. The molecule has 0 saturated carbocycles. The van der Waals surface area contributed by atoms with E-state index in [4.69, 9.17) is 9.47 Å². The number of aromatic nitrogens is 1. The molecule has 4 nitrogen and oxygen atoms in total. The van der Waals surface area contributed by atoms with Gasteiger partial charge in [0.05, 0.1) is 0 Å². The number of ether oxygens (including phenoxy) is 2. The Bertz CT molecular complexity index is 890. The van der Waals surface area contributed by atoms with Gasteiger partial charge in [-0.25, -0.2) is 10.3 Å². The molecular formula is C19H19N2O2+. The molecular weight excluding hydrogens is 288 g/mol. The average Bonchev–Trinajstić information content (AvgIpc) is 2.55. The number of benzene rings is 2. The van der Waals surface area contributed by atoms with Crippen molar-refractivity contribution in [1.29, 1.82) is 0 Å². The van der Waals surface area contributed by atoms with Crippen molar-refractivity contribution in [2.24, 2.45) is 0 Å². The van der Waals surface area contributed by atoms with Gasteiger partial charge in [0.2, 0.25) is 0 Å². The SMILES string of the molecule is Cc1ccc2[nH+]c(Nc3ccc4c(c3)OCCO4)cc(C)c2c1. The van der Waals surface area contributed by atoms with E-state index in [9.17, 15) is 0 Å². The van der Waals surface area contributed by atoms with E-state index in [0.29, 0.717) is 13.2 Å². The minimum absolute atomic E-state index is 0.594. The number of anilines is 2. The number of aryl methyl sites for hydroxylation is 2. The monoisotopic (exact) mass is 307 g/mol. The molecule has 0 aliphatic carbocycles. The average molecular weight is 307 g/mol. The molecule has 0 radical (unpaired) electrons. The highest BCUT2D eigenvalue weighted by Gasteiger charge is 2.15. The summed E-state index contributed by atoms with van der Waals surface area (Å²) in [6.07, 6.45) is 0. The van der Waals surface area contributed by atoms with Gasteiger partial charge in [0.15, 0.2) is 11.5 Å². The maximum atomic E-state index is 5.63. The fourth-order valence-corrected chi connectivity index (χ4v) is 2.91. The summed E-state index contributed by atoms with van der Waals surface area (Å²) < 4.78 is 11.2. The molecule has 23 heavy (non-hydrogen) atoms. The lowest BCUT2D eigenvalue weighted by Gasteiger charge is -2.18. The van der Waals surface area contributed by atoms with E-state index in [2.05, 4.69) is 48.4 Å². The second-order valence-electron chi connectivity index (χ2n) is 5.90. The summed E-state index contributed by atoms with van der Waals surface area (Å²) in [5, 5.41) is 4.66. The summed E-state index contributed by atoms with van der Waals surface area (Å²) in [6.45, 7) is 5.44. The first-order chi connectivity index (χ1) is 11.2. The zero-order chi connectivity index (χ0) is 15.8. The predicted octanol–water partition coefficient (Wildman–Crippen LogP) is 3.79. The Hall–Kier alpha value is -2.75. The lowest BCUT2D eigenvalue weighted by Crippen LogP contribution is -2.16. The van der Waals surface area contributed by atoms with E-state index in [1.54, 1.807) is 0 Å². The standard InChI is InChI=1S/C19H18N2O2/c1-12-3-5-16-15(9-12)13(2)10-19(21-16)20-14-4-6-17-18(11-14)23-8-7-22-17/h3-6,9-11H,7-8H2,1-2H3,(H,20,21)/p+1. The first-order valence-corrected chi connectivity index (χ1v) is 7.79. The molecule has 0 spiro atoms.